The van der Waals surface area contributed by atoms with Crippen molar-refractivity contribution in [3.05, 3.63) is 79.1 Å². The van der Waals surface area contributed by atoms with Gasteiger partial charge in [0.05, 0.1) is 21.6 Å². The number of aromatic nitrogens is 2. The Morgan fingerprint density at radius 1 is 0.828 bits per heavy atom. The monoisotopic (exact) mass is 400 g/mol. The van der Waals surface area contributed by atoms with Gasteiger partial charge in [-0.05, 0) is 42.5 Å². The highest BCUT2D eigenvalue weighted by molar-refractivity contribution is 7.89. The summed E-state index contributed by atoms with van der Waals surface area (Å²) >= 11 is 0. The molecule has 0 fully saturated rings. The summed E-state index contributed by atoms with van der Waals surface area (Å²) < 4.78 is 23.0. The van der Waals surface area contributed by atoms with Crippen LogP contribution in [0.1, 0.15) is 0 Å². The molecule has 0 spiro atoms. The van der Waals surface area contributed by atoms with Crippen LogP contribution in [0.4, 0.5) is 11.4 Å². The van der Waals surface area contributed by atoms with Gasteiger partial charge >= 0.3 is 0 Å². The van der Waals surface area contributed by atoms with Crippen LogP contribution in [0, 0.1) is 0 Å². The van der Waals surface area contributed by atoms with Gasteiger partial charge in [0.2, 0.25) is 10.0 Å². The van der Waals surface area contributed by atoms with E-state index in [1.165, 1.54) is 12.1 Å². The third-order valence-electron chi connectivity index (χ3n) is 4.92. The summed E-state index contributed by atoms with van der Waals surface area (Å²) in [5, 5.41) is 12.6. The van der Waals surface area contributed by atoms with Crippen molar-refractivity contribution in [2.75, 3.05) is 5.32 Å². The number of nitrogens with two attached hydrogens (primary N) is 1. The molecule has 0 atom stereocenters. The number of anilines is 2. The summed E-state index contributed by atoms with van der Waals surface area (Å²) in [6, 6.07) is 20.3. The molecule has 0 unspecified atom stereocenters. The van der Waals surface area contributed by atoms with Gasteiger partial charge in [0.15, 0.2) is 0 Å². The van der Waals surface area contributed by atoms with Crippen LogP contribution in [0.2, 0.25) is 0 Å². The molecule has 0 aliphatic heterocycles. The van der Waals surface area contributed by atoms with Crippen molar-refractivity contribution in [1.29, 1.82) is 0 Å². The van der Waals surface area contributed by atoms with Crippen molar-refractivity contribution in [3.63, 3.8) is 0 Å². The van der Waals surface area contributed by atoms with Crippen molar-refractivity contribution in [2.45, 2.75) is 4.90 Å². The fourth-order valence-corrected chi connectivity index (χ4v) is 4.04. The second kappa shape index (κ2) is 6.51. The third-order valence-corrected chi connectivity index (χ3v) is 5.85. The number of para-hydroxylation sites is 1. The first-order valence-corrected chi connectivity index (χ1v) is 10.5. The average molecular weight is 400 g/mol. The minimum Gasteiger partial charge on any atom is -0.354 e. The fourth-order valence-electron chi connectivity index (χ4n) is 3.53. The van der Waals surface area contributed by atoms with Gasteiger partial charge in [-0.3, -0.25) is 4.98 Å². The molecule has 0 aliphatic rings. The molecular formula is C22H16N4O2S. The lowest BCUT2D eigenvalue weighted by molar-refractivity contribution is 0.598. The Bertz CT molecular complexity index is 1500. The Morgan fingerprint density at radius 3 is 2.41 bits per heavy atom. The zero-order chi connectivity index (χ0) is 20.0. The number of sulfonamides is 1. The van der Waals surface area contributed by atoms with Crippen LogP contribution in [-0.2, 0) is 10.0 Å². The summed E-state index contributed by atoms with van der Waals surface area (Å²) in [7, 11) is -3.73. The summed E-state index contributed by atoms with van der Waals surface area (Å²) in [6.45, 7) is 0. The van der Waals surface area contributed by atoms with Gasteiger partial charge in [-0.25, -0.2) is 18.5 Å². The second-order valence-electron chi connectivity index (χ2n) is 6.76. The van der Waals surface area contributed by atoms with Gasteiger partial charge in [0.1, 0.15) is 0 Å². The van der Waals surface area contributed by atoms with Gasteiger partial charge in [-0.15, -0.1) is 0 Å². The van der Waals surface area contributed by atoms with Crippen LogP contribution in [0.15, 0.2) is 84.0 Å². The Hall–Kier alpha value is -3.55. The van der Waals surface area contributed by atoms with Crippen LogP contribution in [0.3, 0.4) is 0 Å². The lowest BCUT2D eigenvalue weighted by Crippen LogP contribution is -2.11. The van der Waals surface area contributed by atoms with E-state index in [0.717, 1.165) is 44.0 Å². The molecular weight excluding hydrogens is 384 g/mol. The molecule has 0 radical (unpaired) electrons. The number of hydrogen-bond acceptors (Lipinski definition) is 5. The molecule has 29 heavy (non-hydrogen) atoms. The number of benzene rings is 3. The minimum absolute atomic E-state index is 0.0750. The number of hydrogen-bond donors (Lipinski definition) is 2. The van der Waals surface area contributed by atoms with Gasteiger partial charge in [0.25, 0.3) is 0 Å². The van der Waals surface area contributed by atoms with E-state index >= 15 is 0 Å². The van der Waals surface area contributed by atoms with Gasteiger partial charge in [-0.1, -0.05) is 24.3 Å². The molecule has 6 nitrogen and oxygen atoms in total. The highest BCUT2D eigenvalue weighted by atomic mass is 32.2. The van der Waals surface area contributed by atoms with Crippen molar-refractivity contribution in [2.24, 2.45) is 5.14 Å². The lowest BCUT2D eigenvalue weighted by atomic mass is 10.0. The summed E-state index contributed by atoms with van der Waals surface area (Å²) in [6.07, 6.45) is 3.59. The van der Waals surface area contributed by atoms with Crippen LogP contribution in [0.25, 0.3) is 32.6 Å². The molecule has 142 valence electrons. The molecule has 2 aromatic heterocycles. The number of nitrogens with one attached hydrogen (secondary N) is 1. The normalized spacial score (nSPS) is 11.9. The highest BCUT2D eigenvalue weighted by Crippen LogP contribution is 2.36. The van der Waals surface area contributed by atoms with Gasteiger partial charge < -0.3 is 5.32 Å². The highest BCUT2D eigenvalue weighted by Gasteiger charge is 2.13. The zero-order valence-electron chi connectivity index (χ0n) is 15.2. The summed E-state index contributed by atoms with van der Waals surface area (Å²) in [5.41, 5.74) is 3.41. The Balaban J connectivity index is 1.75. The maximum Gasteiger partial charge on any atom is 0.238 e. The number of rotatable bonds is 3. The van der Waals surface area contributed by atoms with E-state index in [0.29, 0.717) is 0 Å². The van der Waals surface area contributed by atoms with Gasteiger partial charge in [-0.2, -0.15) is 0 Å². The predicted molar refractivity (Wildman–Crippen MR) is 116 cm³/mol. The maximum absolute atomic E-state index is 11.5. The smallest absolute Gasteiger partial charge is 0.238 e. The Kier molecular flexibility index (Phi) is 3.94. The van der Waals surface area contributed by atoms with Crippen LogP contribution >= 0.6 is 0 Å². The Morgan fingerprint density at radius 2 is 1.62 bits per heavy atom. The zero-order valence-corrected chi connectivity index (χ0v) is 16.0. The van der Waals surface area contributed by atoms with Crippen molar-refractivity contribution >= 4 is 54.0 Å². The van der Waals surface area contributed by atoms with E-state index in [1.54, 1.807) is 18.3 Å². The molecule has 3 aromatic carbocycles. The third kappa shape index (κ3) is 3.06. The first kappa shape index (κ1) is 17.5. The minimum atomic E-state index is -3.73. The molecule has 0 saturated carbocycles. The van der Waals surface area contributed by atoms with E-state index in [4.69, 9.17) is 10.1 Å². The molecule has 5 aromatic rings. The Labute approximate surface area is 167 Å². The molecule has 7 heteroatoms. The topological polar surface area (TPSA) is 98.0 Å². The first-order chi connectivity index (χ1) is 14.0. The molecule has 0 bridgehead atoms. The van der Waals surface area contributed by atoms with E-state index in [1.807, 2.05) is 48.7 Å². The fraction of sp³-hybridized carbons (Fsp3) is 0. The first-order valence-electron chi connectivity index (χ1n) is 8.96. The number of nitrogens with zero attached hydrogens (tertiary/aromatic N) is 2. The molecule has 2 heterocycles. The van der Waals surface area contributed by atoms with Crippen molar-refractivity contribution < 1.29 is 8.42 Å². The van der Waals surface area contributed by atoms with Crippen molar-refractivity contribution in [1.82, 2.24) is 9.97 Å². The molecule has 0 amide bonds. The molecule has 5 rings (SSSR count). The van der Waals surface area contributed by atoms with Crippen molar-refractivity contribution in [3.8, 4) is 0 Å². The van der Waals surface area contributed by atoms with Crippen LogP contribution in [0.5, 0.6) is 0 Å². The van der Waals surface area contributed by atoms with Crippen LogP contribution < -0.4 is 10.5 Å². The SMILES string of the molecule is NS(=O)(=O)c1ccc(Nc2c3ccccc3nc3c2ccc2cnccc23)cc1. The largest absolute Gasteiger partial charge is 0.354 e. The number of fused-ring (bicyclic) bond motifs is 4. The molecule has 3 N–H and O–H groups in total. The quantitative estimate of drug-likeness (QED) is 0.347. The van der Waals surface area contributed by atoms with E-state index in [-0.39, 0.29) is 4.90 Å². The second-order valence-corrected chi connectivity index (χ2v) is 8.32. The lowest BCUT2D eigenvalue weighted by Gasteiger charge is -2.15. The van der Waals surface area contributed by atoms with Crippen LogP contribution in [-0.4, -0.2) is 18.4 Å². The van der Waals surface area contributed by atoms with Gasteiger partial charge in [0, 0.05) is 39.6 Å². The molecule has 0 saturated heterocycles. The molecule has 0 aliphatic carbocycles. The summed E-state index contributed by atoms with van der Waals surface area (Å²) in [5.74, 6) is 0. The number of primary sulfonamides is 1. The standard InChI is InChI=1S/C22H16N4O2S/c23-29(27,28)16-8-6-15(7-9-16)25-22-18-3-1-2-4-20(18)26-21-17-11-12-24-13-14(17)5-10-19(21)22/h1-13H,(H,25,26)(H2,23,27,28). The maximum atomic E-state index is 11.5. The average Bonchev–Trinajstić information content (AvgIpc) is 2.73. The number of pyridine rings is 2. The van der Waals surface area contributed by atoms with E-state index in [2.05, 4.69) is 10.3 Å². The van der Waals surface area contributed by atoms with E-state index in [9.17, 15) is 8.42 Å². The van der Waals surface area contributed by atoms with E-state index < -0.39 is 10.0 Å². The summed E-state index contributed by atoms with van der Waals surface area (Å²) in [4.78, 5) is 9.16. The predicted octanol–water partition coefficient (Wildman–Crippen LogP) is 4.33.